The normalized spacial score (nSPS) is 7.73. The predicted molar refractivity (Wildman–Crippen MR) is 43.1 cm³/mol. The first-order valence-electron chi connectivity index (χ1n) is 2.64. The van der Waals surface area contributed by atoms with Gasteiger partial charge in [0.2, 0.25) is 0 Å². The smallest absolute Gasteiger partial charge is 0.309 e. The van der Waals surface area contributed by atoms with Gasteiger partial charge >= 0.3 is 6.03 Å². The minimum absolute atomic E-state index is 0.516. The monoisotopic (exact) mass is 172 g/mol. The molecule has 0 bridgehead atoms. The fraction of sp³-hybridized carbons (Fsp3) is 0. The second-order valence-corrected chi connectivity index (χ2v) is 1.85. The molecule has 60 valence electrons. The van der Waals surface area contributed by atoms with Gasteiger partial charge in [0.15, 0.2) is 5.16 Å². The second kappa shape index (κ2) is 5.48. The molecule has 0 aliphatic rings. The molecule has 0 unspecified atom stereocenters. The van der Waals surface area contributed by atoms with Crippen molar-refractivity contribution in [2.24, 2.45) is 11.5 Å². The Kier molecular flexibility index (Phi) is 4.83. The van der Waals surface area contributed by atoms with Crippen LogP contribution in [0.3, 0.4) is 0 Å². The van der Waals surface area contributed by atoms with Crippen LogP contribution < -0.4 is 11.5 Å². The first-order valence-corrected chi connectivity index (χ1v) is 3.08. The van der Waals surface area contributed by atoms with Gasteiger partial charge in [0, 0.05) is 12.4 Å². The zero-order chi connectivity index (χ0) is 8.69. The lowest BCUT2D eigenvalue weighted by Gasteiger charge is -1.80. The van der Waals surface area contributed by atoms with Crippen LogP contribution in [0.4, 0.5) is 4.79 Å². The van der Waals surface area contributed by atoms with Gasteiger partial charge in [0.1, 0.15) is 0 Å². The van der Waals surface area contributed by atoms with Crippen LogP contribution in [0, 0.1) is 0 Å². The molecule has 0 atom stereocenters. The molecular weight excluding hydrogens is 164 g/mol. The molecule has 11 heavy (non-hydrogen) atoms. The predicted octanol–water partition coefficient (Wildman–Crippen LogP) is -0.211. The van der Waals surface area contributed by atoms with Crippen LogP contribution in [0.25, 0.3) is 0 Å². The first kappa shape index (κ1) is 9.70. The Balaban J connectivity index is 0.000000218. The number of thiol groups is 1. The Morgan fingerprint density at radius 1 is 1.36 bits per heavy atom. The maximum absolute atomic E-state index is 9.00. The van der Waals surface area contributed by atoms with Crippen LogP contribution in [-0.2, 0) is 0 Å². The van der Waals surface area contributed by atoms with Crippen molar-refractivity contribution in [3.05, 3.63) is 18.5 Å². The van der Waals surface area contributed by atoms with Gasteiger partial charge in [-0.05, 0) is 6.07 Å². The largest absolute Gasteiger partial charge is 0.352 e. The van der Waals surface area contributed by atoms with E-state index in [2.05, 4.69) is 34.1 Å². The van der Waals surface area contributed by atoms with Crippen molar-refractivity contribution in [3.8, 4) is 0 Å². The van der Waals surface area contributed by atoms with E-state index in [0.29, 0.717) is 5.16 Å². The van der Waals surface area contributed by atoms with E-state index < -0.39 is 6.03 Å². The molecule has 6 heteroatoms. The van der Waals surface area contributed by atoms with Crippen LogP contribution >= 0.6 is 12.6 Å². The fourth-order valence-electron chi connectivity index (χ4n) is 0.291. The van der Waals surface area contributed by atoms with Crippen molar-refractivity contribution in [1.29, 1.82) is 0 Å². The molecule has 1 aromatic heterocycles. The summed E-state index contributed by atoms with van der Waals surface area (Å²) in [6.07, 6.45) is 3.30. The van der Waals surface area contributed by atoms with Crippen LogP contribution in [-0.4, -0.2) is 16.0 Å². The lowest BCUT2D eigenvalue weighted by molar-refractivity contribution is 0.256. The average molecular weight is 172 g/mol. The van der Waals surface area contributed by atoms with Gasteiger partial charge in [-0.3, -0.25) is 0 Å². The van der Waals surface area contributed by atoms with E-state index in [0.717, 1.165) is 0 Å². The van der Waals surface area contributed by atoms with E-state index in [1.807, 2.05) is 0 Å². The van der Waals surface area contributed by atoms with E-state index in [9.17, 15) is 0 Å². The summed E-state index contributed by atoms with van der Waals surface area (Å²) in [5, 5.41) is 0.516. The SMILES string of the molecule is NC(N)=O.Sc1ncccn1. The maximum atomic E-state index is 9.00. The molecule has 0 aromatic carbocycles. The van der Waals surface area contributed by atoms with Gasteiger partial charge in [-0.15, -0.1) is 12.6 Å². The number of rotatable bonds is 0. The molecule has 5 nitrogen and oxygen atoms in total. The molecule has 0 aliphatic heterocycles. The zero-order valence-corrected chi connectivity index (χ0v) is 6.53. The number of urea groups is 1. The number of nitrogens with zero attached hydrogens (tertiary/aromatic N) is 2. The molecule has 0 radical (unpaired) electrons. The fourth-order valence-corrected chi connectivity index (χ4v) is 0.425. The van der Waals surface area contributed by atoms with Crippen LogP contribution in [0.2, 0.25) is 0 Å². The Morgan fingerprint density at radius 3 is 1.91 bits per heavy atom. The van der Waals surface area contributed by atoms with E-state index in [4.69, 9.17) is 4.79 Å². The van der Waals surface area contributed by atoms with Gasteiger partial charge in [-0.2, -0.15) is 0 Å². The number of hydrogen-bond donors (Lipinski definition) is 3. The van der Waals surface area contributed by atoms with Gasteiger partial charge in [-0.1, -0.05) is 0 Å². The molecule has 0 saturated heterocycles. The summed E-state index contributed by atoms with van der Waals surface area (Å²) in [6.45, 7) is 0. The minimum Gasteiger partial charge on any atom is -0.352 e. The third-order valence-electron chi connectivity index (χ3n) is 0.552. The Bertz CT molecular complexity index is 211. The number of aromatic nitrogens is 2. The van der Waals surface area contributed by atoms with Crippen molar-refractivity contribution >= 4 is 18.7 Å². The number of nitrogens with two attached hydrogens (primary N) is 2. The summed E-state index contributed by atoms with van der Waals surface area (Å²) >= 11 is 3.86. The summed E-state index contributed by atoms with van der Waals surface area (Å²) in [4.78, 5) is 16.5. The Hall–Kier alpha value is -1.30. The van der Waals surface area contributed by atoms with E-state index in [1.54, 1.807) is 18.5 Å². The highest BCUT2D eigenvalue weighted by Gasteiger charge is 1.76. The summed E-state index contributed by atoms with van der Waals surface area (Å²) in [5.41, 5.74) is 8.50. The van der Waals surface area contributed by atoms with Gasteiger partial charge in [0.25, 0.3) is 0 Å². The molecule has 0 fully saturated rings. The van der Waals surface area contributed by atoms with Gasteiger partial charge < -0.3 is 11.5 Å². The highest BCUT2D eigenvalue weighted by molar-refractivity contribution is 7.80. The summed E-state index contributed by atoms with van der Waals surface area (Å²) < 4.78 is 0. The molecule has 0 saturated carbocycles. The highest BCUT2D eigenvalue weighted by Crippen LogP contribution is 1.89. The van der Waals surface area contributed by atoms with Crippen LogP contribution in [0.15, 0.2) is 23.6 Å². The highest BCUT2D eigenvalue weighted by atomic mass is 32.1. The molecular formula is C5H8N4OS. The average Bonchev–Trinajstić information content (AvgIpc) is 1.87. The Morgan fingerprint density at radius 2 is 1.73 bits per heavy atom. The van der Waals surface area contributed by atoms with Crippen molar-refractivity contribution < 1.29 is 4.79 Å². The van der Waals surface area contributed by atoms with Crippen molar-refractivity contribution in [2.45, 2.75) is 5.16 Å². The molecule has 0 aliphatic carbocycles. The molecule has 4 N–H and O–H groups in total. The summed E-state index contributed by atoms with van der Waals surface area (Å²) in [6, 6.07) is 0.916. The molecule has 1 heterocycles. The second-order valence-electron chi connectivity index (χ2n) is 1.45. The third kappa shape index (κ3) is 8.70. The number of carbonyl (C=O) groups is 1. The summed E-state index contributed by atoms with van der Waals surface area (Å²) in [5.74, 6) is 0. The van der Waals surface area contributed by atoms with E-state index in [1.165, 1.54) is 0 Å². The van der Waals surface area contributed by atoms with E-state index in [-0.39, 0.29) is 0 Å². The Labute approximate surface area is 69.2 Å². The van der Waals surface area contributed by atoms with Crippen molar-refractivity contribution in [1.82, 2.24) is 9.97 Å². The number of amides is 2. The zero-order valence-electron chi connectivity index (χ0n) is 5.64. The number of carbonyl (C=O) groups excluding carboxylic acids is 1. The van der Waals surface area contributed by atoms with Crippen molar-refractivity contribution in [2.75, 3.05) is 0 Å². The first-order chi connectivity index (χ1) is 5.13. The number of hydrogen-bond acceptors (Lipinski definition) is 4. The lowest BCUT2D eigenvalue weighted by atomic mass is 10.7. The number of primary amides is 2. The van der Waals surface area contributed by atoms with Crippen molar-refractivity contribution in [3.63, 3.8) is 0 Å². The van der Waals surface area contributed by atoms with Crippen LogP contribution in [0.5, 0.6) is 0 Å². The minimum atomic E-state index is -0.833. The van der Waals surface area contributed by atoms with Crippen LogP contribution in [0.1, 0.15) is 0 Å². The van der Waals surface area contributed by atoms with Gasteiger partial charge in [-0.25, -0.2) is 14.8 Å². The van der Waals surface area contributed by atoms with Gasteiger partial charge in [0.05, 0.1) is 0 Å². The molecule has 2 amide bonds. The maximum Gasteiger partial charge on any atom is 0.309 e. The summed E-state index contributed by atoms with van der Waals surface area (Å²) in [7, 11) is 0. The topological polar surface area (TPSA) is 94.9 Å². The lowest BCUT2D eigenvalue weighted by Crippen LogP contribution is -2.18. The standard InChI is InChI=1S/C4H4N2S.CH4N2O/c7-4-5-2-1-3-6-4;2-1(3)4/h1-3H,(H,5,6,7);(H4,2,3,4). The molecule has 1 rings (SSSR count). The van der Waals surface area contributed by atoms with E-state index >= 15 is 0 Å². The molecule has 0 spiro atoms. The third-order valence-corrected chi connectivity index (χ3v) is 0.783. The quantitative estimate of drug-likeness (QED) is 0.373. The molecule has 1 aromatic rings.